The van der Waals surface area contributed by atoms with E-state index >= 15 is 0 Å². The first-order valence-corrected chi connectivity index (χ1v) is 7.10. The van der Waals surface area contributed by atoms with Crippen molar-refractivity contribution in [2.75, 3.05) is 18.9 Å². The van der Waals surface area contributed by atoms with Crippen LogP contribution in [0.2, 0.25) is 0 Å². The molecule has 0 spiro atoms. The van der Waals surface area contributed by atoms with Crippen molar-refractivity contribution >= 4 is 11.6 Å². The van der Waals surface area contributed by atoms with Crippen LogP contribution in [0.25, 0.3) is 0 Å². The van der Waals surface area contributed by atoms with Crippen LogP contribution in [0.3, 0.4) is 0 Å². The number of aromatic nitrogens is 2. The Morgan fingerprint density at radius 2 is 2.05 bits per heavy atom. The highest BCUT2D eigenvalue weighted by Gasteiger charge is 2.14. The molecule has 0 saturated carbocycles. The number of carbonyl (C=O) groups is 1. The first-order chi connectivity index (χ1) is 10.4. The molecule has 5 nitrogen and oxygen atoms in total. The first-order valence-electron chi connectivity index (χ1n) is 7.10. The van der Waals surface area contributed by atoms with E-state index in [4.69, 9.17) is 0 Å². The van der Waals surface area contributed by atoms with E-state index in [-0.39, 0.29) is 18.3 Å². The third-order valence-electron chi connectivity index (χ3n) is 3.59. The van der Waals surface area contributed by atoms with Crippen molar-refractivity contribution in [1.29, 1.82) is 0 Å². The van der Waals surface area contributed by atoms with Crippen molar-refractivity contribution in [2.24, 2.45) is 7.05 Å². The van der Waals surface area contributed by atoms with Gasteiger partial charge in [0.15, 0.2) is 0 Å². The molecule has 118 valence electrons. The fourth-order valence-electron chi connectivity index (χ4n) is 2.35. The maximum absolute atomic E-state index is 13.6. The predicted molar refractivity (Wildman–Crippen MR) is 84.0 cm³/mol. The molecule has 0 fully saturated rings. The molecule has 1 N–H and O–H groups in total. The lowest BCUT2D eigenvalue weighted by atomic mass is 10.2. The number of aryl methyl sites for hydroxylation is 2. The number of hydrogen-bond donors (Lipinski definition) is 1. The van der Waals surface area contributed by atoms with Gasteiger partial charge in [0.2, 0.25) is 5.91 Å². The Balaban J connectivity index is 1.96. The summed E-state index contributed by atoms with van der Waals surface area (Å²) in [4.78, 5) is 13.9. The van der Waals surface area contributed by atoms with Crippen molar-refractivity contribution in [1.82, 2.24) is 14.7 Å². The van der Waals surface area contributed by atoms with Crippen LogP contribution in [0.15, 0.2) is 24.3 Å². The minimum atomic E-state index is -0.256. The number of halogens is 1. The number of hydrogen-bond acceptors (Lipinski definition) is 3. The molecular formula is C16H21FN4O. The SMILES string of the molecule is Cc1nn(C)c(C)c1NC(=O)CN(C)Cc1ccccc1F. The summed E-state index contributed by atoms with van der Waals surface area (Å²) < 4.78 is 15.3. The summed E-state index contributed by atoms with van der Waals surface area (Å²) in [7, 11) is 3.62. The molecule has 0 aliphatic heterocycles. The molecule has 2 rings (SSSR count). The van der Waals surface area contributed by atoms with Gasteiger partial charge in [0.05, 0.1) is 23.6 Å². The summed E-state index contributed by atoms with van der Waals surface area (Å²) in [6.45, 7) is 4.32. The lowest BCUT2D eigenvalue weighted by Crippen LogP contribution is -2.30. The van der Waals surface area contributed by atoms with Crippen molar-refractivity contribution in [3.8, 4) is 0 Å². The van der Waals surface area contributed by atoms with E-state index < -0.39 is 0 Å². The molecule has 0 aliphatic rings. The highest BCUT2D eigenvalue weighted by molar-refractivity contribution is 5.93. The van der Waals surface area contributed by atoms with Crippen molar-refractivity contribution in [3.63, 3.8) is 0 Å². The van der Waals surface area contributed by atoms with Crippen molar-refractivity contribution in [2.45, 2.75) is 20.4 Å². The van der Waals surface area contributed by atoms with E-state index in [0.717, 1.165) is 17.1 Å². The van der Waals surface area contributed by atoms with Gasteiger partial charge in [-0.25, -0.2) is 4.39 Å². The van der Waals surface area contributed by atoms with Crippen LogP contribution < -0.4 is 5.32 Å². The van der Waals surface area contributed by atoms with Crippen LogP contribution >= 0.6 is 0 Å². The van der Waals surface area contributed by atoms with Crippen LogP contribution in [0, 0.1) is 19.7 Å². The summed E-state index contributed by atoms with van der Waals surface area (Å²) in [6.07, 6.45) is 0. The molecule has 0 bridgehead atoms. The highest BCUT2D eigenvalue weighted by Crippen LogP contribution is 2.18. The summed E-state index contributed by atoms with van der Waals surface area (Å²) >= 11 is 0. The zero-order valence-corrected chi connectivity index (χ0v) is 13.4. The number of nitrogens with zero attached hydrogens (tertiary/aromatic N) is 3. The normalized spacial score (nSPS) is 11.0. The Morgan fingerprint density at radius 1 is 1.36 bits per heavy atom. The fourth-order valence-corrected chi connectivity index (χ4v) is 2.35. The Labute approximate surface area is 129 Å². The molecule has 0 saturated heterocycles. The lowest BCUT2D eigenvalue weighted by molar-refractivity contribution is -0.117. The standard InChI is InChI=1S/C16H21FN4O/c1-11-16(12(2)21(4)19-11)18-15(22)10-20(3)9-13-7-5-6-8-14(13)17/h5-8H,9-10H2,1-4H3,(H,18,22). The minimum absolute atomic E-state index is 0.141. The van der Waals surface area contributed by atoms with Crippen molar-refractivity contribution in [3.05, 3.63) is 47.0 Å². The molecule has 0 radical (unpaired) electrons. The molecule has 1 heterocycles. The second-order valence-electron chi connectivity index (χ2n) is 5.48. The third kappa shape index (κ3) is 3.71. The predicted octanol–water partition coefficient (Wildman–Crippen LogP) is 2.25. The van der Waals surface area contributed by atoms with Crippen LogP contribution in [0.4, 0.5) is 10.1 Å². The molecule has 0 unspecified atom stereocenters. The molecule has 1 amide bonds. The Kier molecular flexibility index (Phi) is 4.92. The molecule has 1 aromatic heterocycles. The number of likely N-dealkylation sites (N-methyl/N-ethyl adjacent to an activating group) is 1. The van der Waals surface area contributed by atoms with Gasteiger partial charge in [-0.2, -0.15) is 5.10 Å². The molecule has 6 heteroatoms. The van der Waals surface area contributed by atoms with Crippen LogP contribution in [0.5, 0.6) is 0 Å². The van der Waals surface area contributed by atoms with E-state index in [9.17, 15) is 9.18 Å². The average Bonchev–Trinajstić information content (AvgIpc) is 2.68. The number of carbonyl (C=O) groups excluding carboxylic acids is 1. The molecule has 2 aromatic rings. The van der Waals surface area contributed by atoms with Gasteiger partial charge in [0.1, 0.15) is 5.82 Å². The zero-order chi connectivity index (χ0) is 16.3. The van der Waals surface area contributed by atoms with Crippen LogP contribution in [-0.4, -0.2) is 34.2 Å². The Hall–Kier alpha value is -2.21. The van der Waals surface area contributed by atoms with Gasteiger partial charge in [-0.15, -0.1) is 0 Å². The van der Waals surface area contributed by atoms with Gasteiger partial charge in [0, 0.05) is 19.2 Å². The summed E-state index contributed by atoms with van der Waals surface area (Å²) in [5.74, 6) is -0.397. The maximum Gasteiger partial charge on any atom is 0.238 e. The fraction of sp³-hybridized carbons (Fsp3) is 0.375. The quantitative estimate of drug-likeness (QED) is 0.921. The number of amides is 1. The molecule has 1 aromatic carbocycles. The van der Waals surface area contributed by atoms with Crippen LogP contribution in [0.1, 0.15) is 17.0 Å². The van der Waals surface area contributed by atoms with Gasteiger partial charge >= 0.3 is 0 Å². The van der Waals surface area contributed by atoms with E-state index in [1.165, 1.54) is 6.07 Å². The summed E-state index contributed by atoms with van der Waals surface area (Å²) in [6, 6.07) is 6.58. The lowest BCUT2D eigenvalue weighted by Gasteiger charge is -2.16. The minimum Gasteiger partial charge on any atom is -0.322 e. The molecule has 22 heavy (non-hydrogen) atoms. The highest BCUT2D eigenvalue weighted by atomic mass is 19.1. The van der Waals surface area contributed by atoms with Gasteiger partial charge in [-0.05, 0) is 27.0 Å². The molecule has 0 atom stereocenters. The van der Waals surface area contributed by atoms with Gasteiger partial charge in [0.25, 0.3) is 0 Å². The summed E-state index contributed by atoms with van der Waals surface area (Å²) in [5.41, 5.74) is 3.01. The summed E-state index contributed by atoms with van der Waals surface area (Å²) in [5, 5.41) is 7.13. The second kappa shape index (κ2) is 6.70. The van der Waals surface area contributed by atoms with E-state index in [1.807, 2.05) is 20.9 Å². The number of anilines is 1. The third-order valence-corrected chi connectivity index (χ3v) is 3.59. The molecular weight excluding hydrogens is 283 g/mol. The van der Waals surface area contributed by atoms with Gasteiger partial charge in [-0.3, -0.25) is 14.4 Å². The van der Waals surface area contributed by atoms with Crippen molar-refractivity contribution < 1.29 is 9.18 Å². The maximum atomic E-state index is 13.6. The Bertz CT molecular complexity index is 681. The average molecular weight is 304 g/mol. The van der Waals surface area contributed by atoms with Gasteiger partial charge in [-0.1, -0.05) is 18.2 Å². The Morgan fingerprint density at radius 3 is 2.64 bits per heavy atom. The number of nitrogens with one attached hydrogen (secondary N) is 1. The monoisotopic (exact) mass is 304 g/mol. The van der Waals surface area contributed by atoms with Gasteiger partial charge < -0.3 is 5.32 Å². The van der Waals surface area contributed by atoms with E-state index in [1.54, 1.807) is 34.8 Å². The van der Waals surface area contributed by atoms with Crippen LogP contribution in [-0.2, 0) is 18.4 Å². The molecule has 0 aliphatic carbocycles. The van der Waals surface area contributed by atoms with E-state index in [2.05, 4.69) is 10.4 Å². The first kappa shape index (κ1) is 16.2. The smallest absolute Gasteiger partial charge is 0.238 e. The topological polar surface area (TPSA) is 50.2 Å². The van der Waals surface area contributed by atoms with E-state index in [0.29, 0.717) is 12.1 Å². The zero-order valence-electron chi connectivity index (χ0n) is 13.4. The largest absolute Gasteiger partial charge is 0.322 e. The second-order valence-corrected chi connectivity index (χ2v) is 5.48. The number of rotatable bonds is 5. The number of benzene rings is 1.